The van der Waals surface area contributed by atoms with Crippen molar-refractivity contribution < 1.29 is 9.53 Å². The molecule has 1 unspecified atom stereocenters. The van der Waals surface area contributed by atoms with E-state index in [1.165, 1.54) is 0 Å². The summed E-state index contributed by atoms with van der Waals surface area (Å²) in [6.07, 6.45) is 1.87. The molecule has 0 aliphatic carbocycles. The molecule has 0 bridgehead atoms. The Morgan fingerprint density at radius 1 is 1.40 bits per heavy atom. The average molecular weight is 279 g/mol. The standard InChI is InChI=1S/C15H25N3O2/c1-5-7-13-8-12(9-14(16-4)18-13)15(19)17-11(3)10-20-6-2/h8-9,11H,5-7,10H2,1-4H3,(H,16,18)(H,17,19). The zero-order chi connectivity index (χ0) is 15.0. The first kappa shape index (κ1) is 16.4. The Labute approximate surface area is 121 Å². The summed E-state index contributed by atoms with van der Waals surface area (Å²) in [4.78, 5) is 16.7. The van der Waals surface area contributed by atoms with Crippen molar-refractivity contribution in [3.05, 3.63) is 23.4 Å². The Morgan fingerprint density at radius 2 is 2.15 bits per heavy atom. The minimum atomic E-state index is -0.0894. The van der Waals surface area contributed by atoms with Gasteiger partial charge in [-0.1, -0.05) is 13.3 Å². The molecule has 0 saturated carbocycles. The molecule has 1 heterocycles. The van der Waals surface area contributed by atoms with E-state index in [2.05, 4.69) is 22.5 Å². The molecule has 2 N–H and O–H groups in total. The topological polar surface area (TPSA) is 63.2 Å². The number of anilines is 1. The molecule has 0 saturated heterocycles. The summed E-state index contributed by atoms with van der Waals surface area (Å²) in [6, 6.07) is 3.61. The number of aromatic nitrogens is 1. The minimum Gasteiger partial charge on any atom is -0.380 e. The maximum Gasteiger partial charge on any atom is 0.251 e. The number of carbonyl (C=O) groups is 1. The molecule has 1 rings (SSSR count). The summed E-state index contributed by atoms with van der Waals surface area (Å²) < 4.78 is 5.30. The summed E-state index contributed by atoms with van der Waals surface area (Å²) in [5, 5.41) is 5.92. The highest BCUT2D eigenvalue weighted by atomic mass is 16.5. The highest BCUT2D eigenvalue weighted by Gasteiger charge is 2.12. The number of ether oxygens (including phenoxy) is 1. The first-order valence-electron chi connectivity index (χ1n) is 7.18. The molecule has 1 aromatic rings. The lowest BCUT2D eigenvalue weighted by Crippen LogP contribution is -2.36. The van der Waals surface area contributed by atoms with E-state index in [1.807, 2.05) is 19.9 Å². The second-order valence-electron chi connectivity index (χ2n) is 4.77. The lowest BCUT2D eigenvalue weighted by molar-refractivity contribution is 0.0872. The molecule has 0 aliphatic rings. The van der Waals surface area contributed by atoms with Crippen LogP contribution < -0.4 is 10.6 Å². The van der Waals surface area contributed by atoms with Gasteiger partial charge in [0.25, 0.3) is 5.91 Å². The fourth-order valence-electron chi connectivity index (χ4n) is 1.87. The van der Waals surface area contributed by atoms with Crippen LogP contribution in [0.3, 0.4) is 0 Å². The highest BCUT2D eigenvalue weighted by Crippen LogP contribution is 2.12. The van der Waals surface area contributed by atoms with Gasteiger partial charge in [-0.05, 0) is 32.4 Å². The van der Waals surface area contributed by atoms with Crippen LogP contribution in [0.2, 0.25) is 0 Å². The molecule has 1 aromatic heterocycles. The lowest BCUT2D eigenvalue weighted by Gasteiger charge is -2.14. The number of carbonyl (C=O) groups excluding carboxylic acids is 1. The summed E-state index contributed by atoms with van der Waals surface area (Å²) >= 11 is 0. The Morgan fingerprint density at radius 3 is 2.75 bits per heavy atom. The Kier molecular flexibility index (Phi) is 7.01. The summed E-state index contributed by atoms with van der Waals surface area (Å²) in [5.41, 5.74) is 1.57. The molecular weight excluding hydrogens is 254 g/mol. The predicted molar refractivity (Wildman–Crippen MR) is 81.2 cm³/mol. The molecule has 1 amide bonds. The van der Waals surface area contributed by atoms with Crippen LogP contribution in [-0.4, -0.2) is 37.2 Å². The van der Waals surface area contributed by atoms with Crippen LogP contribution in [0, 0.1) is 0 Å². The number of hydrogen-bond acceptors (Lipinski definition) is 4. The van der Waals surface area contributed by atoms with Crippen LogP contribution in [0.1, 0.15) is 43.2 Å². The number of aryl methyl sites for hydroxylation is 1. The van der Waals surface area contributed by atoms with Crippen molar-refractivity contribution in [3.63, 3.8) is 0 Å². The number of amides is 1. The van der Waals surface area contributed by atoms with Crippen molar-refractivity contribution in [3.8, 4) is 0 Å². The van der Waals surface area contributed by atoms with E-state index in [1.54, 1.807) is 13.1 Å². The molecular formula is C15H25N3O2. The molecule has 20 heavy (non-hydrogen) atoms. The Hall–Kier alpha value is -1.62. The van der Waals surface area contributed by atoms with Crippen LogP contribution in [0.4, 0.5) is 5.82 Å². The third kappa shape index (κ3) is 5.17. The first-order valence-corrected chi connectivity index (χ1v) is 7.18. The van der Waals surface area contributed by atoms with Gasteiger partial charge >= 0.3 is 0 Å². The maximum absolute atomic E-state index is 12.2. The minimum absolute atomic E-state index is 0.0109. The summed E-state index contributed by atoms with van der Waals surface area (Å²) in [5.74, 6) is 0.631. The fourth-order valence-corrected chi connectivity index (χ4v) is 1.87. The van der Waals surface area contributed by atoms with E-state index in [0.717, 1.165) is 24.4 Å². The third-order valence-corrected chi connectivity index (χ3v) is 2.85. The van der Waals surface area contributed by atoms with Gasteiger partial charge in [0.05, 0.1) is 6.61 Å². The molecule has 5 heteroatoms. The smallest absolute Gasteiger partial charge is 0.251 e. The SMILES string of the molecule is CCCc1cc(C(=O)NC(C)COCC)cc(NC)n1. The monoisotopic (exact) mass is 279 g/mol. The number of hydrogen-bond donors (Lipinski definition) is 2. The largest absolute Gasteiger partial charge is 0.380 e. The van der Waals surface area contributed by atoms with Gasteiger partial charge in [-0.2, -0.15) is 0 Å². The van der Waals surface area contributed by atoms with E-state index in [0.29, 0.717) is 18.8 Å². The van der Waals surface area contributed by atoms with Gasteiger partial charge in [-0.3, -0.25) is 4.79 Å². The van der Waals surface area contributed by atoms with E-state index in [4.69, 9.17) is 4.74 Å². The van der Waals surface area contributed by atoms with Crippen molar-refractivity contribution >= 4 is 11.7 Å². The summed E-state index contributed by atoms with van der Waals surface area (Å²) in [6.45, 7) is 7.14. The fraction of sp³-hybridized carbons (Fsp3) is 0.600. The van der Waals surface area contributed by atoms with Crippen LogP contribution in [0.15, 0.2) is 12.1 Å². The highest BCUT2D eigenvalue weighted by molar-refractivity contribution is 5.95. The maximum atomic E-state index is 12.2. The van der Waals surface area contributed by atoms with Crippen LogP contribution in [-0.2, 0) is 11.2 Å². The van der Waals surface area contributed by atoms with Crippen molar-refractivity contribution in [2.24, 2.45) is 0 Å². The van der Waals surface area contributed by atoms with Gasteiger partial charge in [-0.15, -0.1) is 0 Å². The van der Waals surface area contributed by atoms with Gasteiger partial charge in [0.1, 0.15) is 5.82 Å². The van der Waals surface area contributed by atoms with Crippen molar-refractivity contribution in [1.82, 2.24) is 10.3 Å². The van der Waals surface area contributed by atoms with E-state index in [9.17, 15) is 4.79 Å². The average Bonchev–Trinajstić information content (AvgIpc) is 2.45. The van der Waals surface area contributed by atoms with Crippen LogP contribution >= 0.6 is 0 Å². The van der Waals surface area contributed by atoms with Crippen LogP contribution in [0.5, 0.6) is 0 Å². The van der Waals surface area contributed by atoms with Crippen molar-refractivity contribution in [2.75, 3.05) is 25.6 Å². The third-order valence-electron chi connectivity index (χ3n) is 2.85. The molecule has 5 nitrogen and oxygen atoms in total. The molecule has 0 aliphatic heterocycles. The first-order chi connectivity index (χ1) is 9.60. The number of nitrogens with one attached hydrogen (secondary N) is 2. The van der Waals surface area contributed by atoms with Gasteiger partial charge in [-0.25, -0.2) is 4.98 Å². The van der Waals surface area contributed by atoms with Crippen molar-refractivity contribution in [1.29, 1.82) is 0 Å². The lowest BCUT2D eigenvalue weighted by atomic mass is 10.1. The zero-order valence-corrected chi connectivity index (χ0v) is 12.8. The second kappa shape index (κ2) is 8.53. The number of rotatable bonds is 8. The van der Waals surface area contributed by atoms with E-state index >= 15 is 0 Å². The van der Waals surface area contributed by atoms with Gasteiger partial charge in [0, 0.05) is 31.0 Å². The van der Waals surface area contributed by atoms with E-state index in [-0.39, 0.29) is 11.9 Å². The predicted octanol–water partition coefficient (Wildman–Crippen LogP) is 2.23. The quantitative estimate of drug-likeness (QED) is 0.766. The van der Waals surface area contributed by atoms with Crippen molar-refractivity contribution in [2.45, 2.75) is 39.7 Å². The summed E-state index contributed by atoms with van der Waals surface area (Å²) in [7, 11) is 1.80. The van der Waals surface area contributed by atoms with Gasteiger partial charge in [0.2, 0.25) is 0 Å². The molecule has 0 radical (unpaired) electrons. The van der Waals surface area contributed by atoms with Gasteiger partial charge < -0.3 is 15.4 Å². The second-order valence-corrected chi connectivity index (χ2v) is 4.77. The molecule has 112 valence electrons. The normalized spacial score (nSPS) is 12.0. The molecule has 0 fully saturated rings. The molecule has 0 aromatic carbocycles. The molecule has 0 spiro atoms. The van der Waals surface area contributed by atoms with Crippen LogP contribution in [0.25, 0.3) is 0 Å². The molecule has 1 atom stereocenters. The Bertz CT molecular complexity index is 435. The number of nitrogens with zero attached hydrogens (tertiary/aromatic N) is 1. The number of pyridine rings is 1. The van der Waals surface area contributed by atoms with Gasteiger partial charge in [0.15, 0.2) is 0 Å². The Balaban J connectivity index is 2.77. The zero-order valence-electron chi connectivity index (χ0n) is 12.8. The van der Waals surface area contributed by atoms with E-state index < -0.39 is 0 Å².